The summed E-state index contributed by atoms with van der Waals surface area (Å²) < 4.78 is 5.67. The normalized spacial score (nSPS) is 10.8. The first kappa shape index (κ1) is 9.04. The molecule has 3 aromatic rings. The van der Waals surface area contributed by atoms with E-state index in [1.807, 2.05) is 42.5 Å². The number of hydrogen-bond acceptors (Lipinski definition) is 2. The summed E-state index contributed by atoms with van der Waals surface area (Å²) in [4.78, 5) is 0. The molecule has 0 aliphatic rings. The zero-order valence-corrected chi connectivity index (χ0v) is 8.55. The number of furan rings is 1. The van der Waals surface area contributed by atoms with Gasteiger partial charge in [0.2, 0.25) is 0 Å². The predicted molar refractivity (Wildman–Crippen MR) is 63.3 cm³/mol. The Morgan fingerprint density at radius 2 is 1.69 bits per heavy atom. The number of rotatable bonds is 1. The predicted octanol–water partition coefficient (Wildman–Crippen LogP) is 3.81. The van der Waals surface area contributed by atoms with Gasteiger partial charge < -0.3 is 9.52 Å². The van der Waals surface area contributed by atoms with Crippen molar-refractivity contribution in [3.63, 3.8) is 0 Å². The summed E-state index contributed by atoms with van der Waals surface area (Å²) >= 11 is 0. The molecule has 0 saturated heterocycles. The lowest BCUT2D eigenvalue weighted by Gasteiger charge is -1.93. The van der Waals surface area contributed by atoms with Crippen LogP contribution in [0.5, 0.6) is 5.75 Å². The number of phenols is 1. The lowest BCUT2D eigenvalue weighted by atomic mass is 10.1. The van der Waals surface area contributed by atoms with Crippen molar-refractivity contribution in [2.75, 3.05) is 0 Å². The molecule has 0 aliphatic carbocycles. The van der Waals surface area contributed by atoms with Crippen LogP contribution in [0.25, 0.3) is 22.3 Å². The molecule has 2 heteroatoms. The first-order valence-corrected chi connectivity index (χ1v) is 5.11. The second-order valence-corrected chi connectivity index (χ2v) is 3.67. The molecule has 0 aliphatic heterocycles. The number of aromatic hydroxyl groups is 1. The molecule has 0 radical (unpaired) electrons. The summed E-state index contributed by atoms with van der Waals surface area (Å²) in [5.74, 6) is 1.03. The Hall–Kier alpha value is -2.22. The van der Waals surface area contributed by atoms with E-state index >= 15 is 0 Å². The topological polar surface area (TPSA) is 33.4 Å². The SMILES string of the molecule is Oc1cccc2oc(-c3ccccc3)cc12. The third-order valence-corrected chi connectivity index (χ3v) is 2.60. The summed E-state index contributed by atoms with van der Waals surface area (Å²) in [6.07, 6.45) is 0. The summed E-state index contributed by atoms with van der Waals surface area (Å²) in [6.45, 7) is 0. The summed E-state index contributed by atoms with van der Waals surface area (Å²) in [5, 5.41) is 10.4. The second kappa shape index (κ2) is 3.42. The zero-order chi connectivity index (χ0) is 11.0. The van der Waals surface area contributed by atoms with Crippen molar-refractivity contribution in [1.82, 2.24) is 0 Å². The van der Waals surface area contributed by atoms with E-state index in [1.165, 1.54) is 0 Å². The van der Waals surface area contributed by atoms with Crippen LogP contribution in [0.4, 0.5) is 0 Å². The van der Waals surface area contributed by atoms with Crippen LogP contribution in [-0.4, -0.2) is 5.11 Å². The molecule has 2 aromatic carbocycles. The van der Waals surface area contributed by atoms with Gasteiger partial charge in [0.05, 0.1) is 5.39 Å². The van der Waals surface area contributed by atoms with Crippen LogP contribution in [0, 0.1) is 0 Å². The second-order valence-electron chi connectivity index (χ2n) is 3.67. The Bertz CT molecular complexity index is 624. The molecule has 78 valence electrons. The van der Waals surface area contributed by atoms with Gasteiger partial charge in [-0.2, -0.15) is 0 Å². The monoisotopic (exact) mass is 210 g/mol. The van der Waals surface area contributed by atoms with Gasteiger partial charge in [0.15, 0.2) is 0 Å². The average Bonchev–Trinajstić information content (AvgIpc) is 2.76. The minimum Gasteiger partial charge on any atom is -0.507 e. The smallest absolute Gasteiger partial charge is 0.138 e. The van der Waals surface area contributed by atoms with Crippen LogP contribution in [-0.2, 0) is 0 Å². The molecule has 0 fully saturated rings. The third kappa shape index (κ3) is 1.36. The van der Waals surface area contributed by atoms with E-state index in [1.54, 1.807) is 12.1 Å². The highest BCUT2D eigenvalue weighted by molar-refractivity contribution is 5.87. The van der Waals surface area contributed by atoms with Crippen LogP contribution >= 0.6 is 0 Å². The average molecular weight is 210 g/mol. The van der Waals surface area contributed by atoms with Crippen molar-refractivity contribution in [3.05, 3.63) is 54.6 Å². The van der Waals surface area contributed by atoms with Crippen molar-refractivity contribution in [2.45, 2.75) is 0 Å². The van der Waals surface area contributed by atoms with Crippen molar-refractivity contribution >= 4 is 11.0 Å². The van der Waals surface area contributed by atoms with Gasteiger partial charge in [0.25, 0.3) is 0 Å². The third-order valence-electron chi connectivity index (χ3n) is 2.60. The van der Waals surface area contributed by atoms with Crippen LogP contribution in [0.3, 0.4) is 0 Å². The molecular weight excluding hydrogens is 200 g/mol. The Morgan fingerprint density at radius 1 is 0.875 bits per heavy atom. The lowest BCUT2D eigenvalue weighted by molar-refractivity contribution is 0.481. The van der Waals surface area contributed by atoms with E-state index in [0.717, 1.165) is 16.7 Å². The van der Waals surface area contributed by atoms with E-state index in [0.29, 0.717) is 5.58 Å². The lowest BCUT2D eigenvalue weighted by Crippen LogP contribution is -1.69. The minimum atomic E-state index is 0.253. The number of benzene rings is 2. The van der Waals surface area contributed by atoms with Crippen molar-refractivity contribution < 1.29 is 9.52 Å². The number of phenolic OH excluding ortho intramolecular Hbond substituents is 1. The van der Waals surface area contributed by atoms with Crippen LogP contribution in [0.1, 0.15) is 0 Å². The number of hydrogen-bond donors (Lipinski definition) is 1. The van der Waals surface area contributed by atoms with Crippen LogP contribution in [0.2, 0.25) is 0 Å². The van der Waals surface area contributed by atoms with E-state index < -0.39 is 0 Å². The Morgan fingerprint density at radius 3 is 2.44 bits per heavy atom. The molecule has 0 atom stereocenters. The van der Waals surface area contributed by atoms with Gasteiger partial charge in [0.1, 0.15) is 17.1 Å². The molecule has 0 spiro atoms. The summed E-state index contributed by atoms with van der Waals surface area (Å²) in [6, 6.07) is 17.0. The molecular formula is C14H10O2. The molecule has 0 unspecified atom stereocenters. The van der Waals surface area contributed by atoms with E-state index in [9.17, 15) is 5.11 Å². The molecule has 0 amide bonds. The quantitative estimate of drug-likeness (QED) is 0.662. The minimum absolute atomic E-state index is 0.253. The maximum absolute atomic E-state index is 9.67. The van der Waals surface area contributed by atoms with Gasteiger partial charge in [-0.1, -0.05) is 36.4 Å². The first-order valence-electron chi connectivity index (χ1n) is 5.11. The highest BCUT2D eigenvalue weighted by Crippen LogP contribution is 2.32. The van der Waals surface area contributed by atoms with Crippen molar-refractivity contribution in [2.24, 2.45) is 0 Å². The Labute approximate surface area is 92.8 Å². The zero-order valence-electron chi connectivity index (χ0n) is 8.55. The van der Waals surface area contributed by atoms with Crippen molar-refractivity contribution in [1.29, 1.82) is 0 Å². The summed E-state index contributed by atoms with van der Waals surface area (Å²) in [5.41, 5.74) is 1.72. The van der Waals surface area contributed by atoms with Gasteiger partial charge in [0, 0.05) is 5.56 Å². The molecule has 16 heavy (non-hydrogen) atoms. The first-order chi connectivity index (χ1) is 7.84. The van der Waals surface area contributed by atoms with E-state index in [2.05, 4.69) is 0 Å². The van der Waals surface area contributed by atoms with Crippen LogP contribution < -0.4 is 0 Å². The molecule has 1 aromatic heterocycles. The maximum atomic E-state index is 9.67. The molecule has 1 N–H and O–H groups in total. The fourth-order valence-corrected chi connectivity index (χ4v) is 1.79. The Kier molecular flexibility index (Phi) is 1.93. The molecule has 1 heterocycles. The molecule has 3 rings (SSSR count). The molecule has 0 saturated carbocycles. The van der Waals surface area contributed by atoms with Gasteiger partial charge in [-0.3, -0.25) is 0 Å². The number of fused-ring (bicyclic) bond motifs is 1. The molecule has 2 nitrogen and oxygen atoms in total. The largest absolute Gasteiger partial charge is 0.507 e. The van der Waals surface area contributed by atoms with Gasteiger partial charge in [-0.25, -0.2) is 0 Å². The highest BCUT2D eigenvalue weighted by Gasteiger charge is 2.07. The van der Waals surface area contributed by atoms with Crippen LogP contribution in [0.15, 0.2) is 59.0 Å². The van der Waals surface area contributed by atoms with E-state index in [-0.39, 0.29) is 5.75 Å². The standard InChI is InChI=1S/C14H10O2/c15-12-7-4-8-13-11(12)9-14(16-13)10-5-2-1-3-6-10/h1-9,15H. The fourth-order valence-electron chi connectivity index (χ4n) is 1.79. The molecule has 0 bridgehead atoms. The van der Waals surface area contributed by atoms with E-state index in [4.69, 9.17) is 4.42 Å². The fraction of sp³-hybridized carbons (Fsp3) is 0. The van der Waals surface area contributed by atoms with Gasteiger partial charge >= 0.3 is 0 Å². The van der Waals surface area contributed by atoms with Crippen molar-refractivity contribution in [3.8, 4) is 17.1 Å². The highest BCUT2D eigenvalue weighted by atomic mass is 16.3. The Balaban J connectivity index is 2.23. The van der Waals surface area contributed by atoms with Gasteiger partial charge in [-0.15, -0.1) is 0 Å². The van der Waals surface area contributed by atoms with Gasteiger partial charge in [-0.05, 0) is 18.2 Å². The maximum Gasteiger partial charge on any atom is 0.138 e. The summed E-state index contributed by atoms with van der Waals surface area (Å²) in [7, 11) is 0.